The maximum Gasteiger partial charge on any atom is 0.319 e. The minimum Gasteiger partial charge on any atom is -0.367 e. The molecule has 2 amide bonds. The van der Waals surface area contributed by atoms with Crippen LogP contribution in [0.3, 0.4) is 0 Å². The fourth-order valence-corrected chi connectivity index (χ4v) is 3.78. The number of carbonyl (C=O) groups excluding carboxylic acids is 1. The number of urea groups is 1. The van der Waals surface area contributed by atoms with E-state index in [1.165, 1.54) is 12.1 Å². The van der Waals surface area contributed by atoms with Gasteiger partial charge in [-0.1, -0.05) is 6.07 Å². The van der Waals surface area contributed by atoms with Crippen LogP contribution in [0.5, 0.6) is 0 Å². The molecule has 30 heavy (non-hydrogen) atoms. The molecular weight excluding hydrogens is 383 g/mol. The first-order chi connectivity index (χ1) is 14.4. The van der Waals surface area contributed by atoms with Gasteiger partial charge in [0.1, 0.15) is 11.6 Å². The lowest BCUT2D eigenvalue weighted by atomic mass is 10.2. The maximum atomic E-state index is 13.9. The molecule has 0 spiro atoms. The van der Waals surface area contributed by atoms with Crippen LogP contribution in [0, 0.1) is 12.7 Å². The van der Waals surface area contributed by atoms with E-state index >= 15 is 0 Å². The van der Waals surface area contributed by atoms with Gasteiger partial charge in [0, 0.05) is 33.2 Å². The number of fused-ring (bicyclic) bond motifs is 1. The number of aryl methyl sites for hydroxylation is 2. The average molecular weight is 410 g/mol. The lowest BCUT2D eigenvalue weighted by Crippen LogP contribution is -2.44. The van der Waals surface area contributed by atoms with Crippen molar-refractivity contribution in [3.05, 3.63) is 53.6 Å². The average Bonchev–Trinajstić information content (AvgIpc) is 3.02. The summed E-state index contributed by atoms with van der Waals surface area (Å²) in [5.74, 6) is 0.373. The minimum absolute atomic E-state index is 0.273. The number of hydrogen-bond acceptors (Lipinski definition) is 4. The van der Waals surface area contributed by atoms with Crippen LogP contribution in [0.15, 0.2) is 36.4 Å². The summed E-state index contributed by atoms with van der Waals surface area (Å²) in [5, 5.41) is 5.65. The monoisotopic (exact) mass is 410 g/mol. The number of carbonyl (C=O) groups is 1. The standard InChI is InChI=1S/C22H27FN6O/c1-15-4-6-19-17(12-15)25-21(28(19)3)14-24-22(30)26-18-13-16(23)5-7-20(18)29-10-8-27(2)9-11-29/h4-7,12-13H,8-11,14H2,1-3H3,(H2,24,26,30). The zero-order chi connectivity index (χ0) is 21.3. The van der Waals surface area contributed by atoms with E-state index in [4.69, 9.17) is 0 Å². The van der Waals surface area contributed by atoms with Gasteiger partial charge in [-0.3, -0.25) is 0 Å². The smallest absolute Gasteiger partial charge is 0.319 e. The molecule has 2 heterocycles. The number of benzene rings is 2. The summed E-state index contributed by atoms with van der Waals surface area (Å²) in [7, 11) is 4.01. The summed E-state index contributed by atoms with van der Waals surface area (Å²) >= 11 is 0. The Morgan fingerprint density at radius 2 is 1.87 bits per heavy atom. The van der Waals surface area contributed by atoms with Gasteiger partial charge >= 0.3 is 6.03 Å². The van der Waals surface area contributed by atoms with Gasteiger partial charge in [-0.2, -0.15) is 0 Å². The van der Waals surface area contributed by atoms with Gasteiger partial charge in [-0.15, -0.1) is 0 Å². The zero-order valence-corrected chi connectivity index (χ0v) is 17.6. The number of amides is 2. The maximum absolute atomic E-state index is 13.9. The van der Waals surface area contributed by atoms with Crippen LogP contribution < -0.4 is 15.5 Å². The molecule has 2 N–H and O–H groups in total. The van der Waals surface area contributed by atoms with Crippen LogP contribution in [0.25, 0.3) is 11.0 Å². The van der Waals surface area contributed by atoms with Gasteiger partial charge in [-0.05, 0) is 49.9 Å². The van der Waals surface area contributed by atoms with E-state index in [0.29, 0.717) is 5.69 Å². The van der Waals surface area contributed by atoms with E-state index in [1.807, 2.05) is 36.7 Å². The quantitative estimate of drug-likeness (QED) is 0.694. The van der Waals surface area contributed by atoms with Crippen LogP contribution in [0.2, 0.25) is 0 Å². The van der Waals surface area contributed by atoms with Crippen LogP contribution >= 0.6 is 0 Å². The molecule has 2 aromatic carbocycles. The van der Waals surface area contributed by atoms with Crippen molar-refractivity contribution < 1.29 is 9.18 Å². The molecule has 3 aromatic rings. The third kappa shape index (κ3) is 4.23. The fraction of sp³-hybridized carbons (Fsp3) is 0.364. The van der Waals surface area contributed by atoms with Crippen LogP contribution in [-0.4, -0.2) is 53.7 Å². The number of nitrogens with one attached hydrogen (secondary N) is 2. The second-order valence-electron chi connectivity index (χ2n) is 7.84. The highest BCUT2D eigenvalue weighted by Crippen LogP contribution is 2.28. The Kier molecular flexibility index (Phi) is 5.59. The molecule has 0 atom stereocenters. The van der Waals surface area contributed by atoms with Crippen molar-refractivity contribution in [1.29, 1.82) is 0 Å². The molecule has 1 fully saturated rings. The van der Waals surface area contributed by atoms with Crippen molar-refractivity contribution >= 4 is 28.4 Å². The number of hydrogen-bond donors (Lipinski definition) is 2. The second-order valence-corrected chi connectivity index (χ2v) is 7.84. The molecule has 1 saturated heterocycles. The summed E-state index contributed by atoms with van der Waals surface area (Å²) < 4.78 is 15.8. The molecule has 158 valence electrons. The first kappa shape index (κ1) is 20.2. The van der Waals surface area contributed by atoms with Crippen molar-refractivity contribution in [2.24, 2.45) is 7.05 Å². The van der Waals surface area contributed by atoms with Gasteiger partial charge in [-0.25, -0.2) is 14.2 Å². The molecular formula is C22H27FN6O. The molecule has 4 rings (SSSR count). The Morgan fingerprint density at radius 3 is 2.63 bits per heavy atom. The number of aromatic nitrogens is 2. The molecule has 1 aliphatic rings. The third-order valence-corrected chi connectivity index (χ3v) is 5.59. The topological polar surface area (TPSA) is 65.4 Å². The minimum atomic E-state index is -0.390. The first-order valence-electron chi connectivity index (χ1n) is 10.1. The van der Waals surface area contributed by atoms with Crippen LogP contribution in [-0.2, 0) is 13.6 Å². The number of piperazine rings is 1. The zero-order valence-electron chi connectivity index (χ0n) is 17.6. The molecule has 7 nitrogen and oxygen atoms in total. The highest BCUT2D eigenvalue weighted by Gasteiger charge is 2.19. The first-order valence-corrected chi connectivity index (χ1v) is 10.1. The number of nitrogens with zero attached hydrogens (tertiary/aromatic N) is 4. The molecule has 0 bridgehead atoms. The van der Waals surface area contributed by atoms with Crippen molar-refractivity contribution in [1.82, 2.24) is 19.8 Å². The summed E-state index contributed by atoms with van der Waals surface area (Å²) in [5.41, 5.74) is 4.36. The predicted octanol–water partition coefficient (Wildman–Crippen LogP) is 3.09. The van der Waals surface area contributed by atoms with E-state index in [1.54, 1.807) is 6.07 Å². The molecule has 1 aromatic heterocycles. The SMILES string of the molecule is Cc1ccc2c(c1)nc(CNC(=O)Nc1cc(F)ccc1N1CCN(C)CC1)n2C. The van der Waals surface area contributed by atoms with E-state index in [0.717, 1.165) is 54.3 Å². The van der Waals surface area contributed by atoms with Gasteiger partial charge in [0.05, 0.1) is 29.0 Å². The Hall–Kier alpha value is -3.13. The summed E-state index contributed by atoms with van der Waals surface area (Å²) in [6.45, 7) is 5.81. The summed E-state index contributed by atoms with van der Waals surface area (Å²) in [6.07, 6.45) is 0. The van der Waals surface area contributed by atoms with E-state index in [2.05, 4.69) is 32.5 Å². The molecule has 0 radical (unpaired) electrons. The predicted molar refractivity (Wildman–Crippen MR) is 117 cm³/mol. The lowest BCUT2D eigenvalue weighted by Gasteiger charge is -2.35. The Balaban J connectivity index is 1.45. The highest BCUT2D eigenvalue weighted by molar-refractivity contribution is 5.93. The summed E-state index contributed by atoms with van der Waals surface area (Å²) in [4.78, 5) is 21.6. The molecule has 0 aliphatic carbocycles. The molecule has 0 saturated carbocycles. The highest BCUT2D eigenvalue weighted by atomic mass is 19.1. The van der Waals surface area contributed by atoms with Gasteiger partial charge in [0.15, 0.2) is 0 Å². The van der Waals surface area contributed by atoms with Crippen molar-refractivity contribution in [3.8, 4) is 0 Å². The van der Waals surface area contributed by atoms with Gasteiger partial charge < -0.3 is 25.0 Å². The van der Waals surface area contributed by atoms with Gasteiger partial charge in [0.25, 0.3) is 0 Å². The number of likely N-dealkylation sites (N-methyl/N-ethyl adjacent to an activating group) is 1. The molecule has 1 aliphatic heterocycles. The van der Waals surface area contributed by atoms with Crippen molar-refractivity contribution in [2.75, 3.05) is 43.4 Å². The van der Waals surface area contributed by atoms with Crippen molar-refractivity contribution in [2.45, 2.75) is 13.5 Å². The Morgan fingerprint density at radius 1 is 1.10 bits per heavy atom. The second kappa shape index (κ2) is 8.31. The van der Waals surface area contributed by atoms with E-state index in [9.17, 15) is 9.18 Å². The van der Waals surface area contributed by atoms with Gasteiger partial charge in [0.2, 0.25) is 0 Å². The largest absolute Gasteiger partial charge is 0.367 e. The summed E-state index contributed by atoms with van der Waals surface area (Å²) in [6, 6.07) is 10.2. The third-order valence-electron chi connectivity index (χ3n) is 5.59. The number of imidazole rings is 1. The van der Waals surface area contributed by atoms with E-state index in [-0.39, 0.29) is 18.4 Å². The van der Waals surface area contributed by atoms with Crippen LogP contribution in [0.1, 0.15) is 11.4 Å². The Bertz CT molecular complexity index is 1070. The molecule has 8 heteroatoms. The number of rotatable bonds is 4. The number of halogens is 1. The van der Waals surface area contributed by atoms with Crippen molar-refractivity contribution in [3.63, 3.8) is 0 Å². The Labute approximate surface area is 175 Å². The fourth-order valence-electron chi connectivity index (χ4n) is 3.78. The lowest BCUT2D eigenvalue weighted by molar-refractivity contribution is 0.251. The molecule has 0 unspecified atom stereocenters. The van der Waals surface area contributed by atoms with E-state index < -0.39 is 0 Å². The normalized spacial score (nSPS) is 14.9. The van der Waals surface area contributed by atoms with Crippen LogP contribution in [0.4, 0.5) is 20.6 Å². The number of anilines is 2.